The lowest BCUT2D eigenvalue weighted by atomic mass is 9.67. The highest BCUT2D eigenvalue weighted by Gasteiger charge is 2.48. The Kier molecular flexibility index (Phi) is 10.4. The molecule has 4 heteroatoms. The molecule has 1 aliphatic rings. The van der Waals surface area contributed by atoms with E-state index in [1.807, 2.05) is 0 Å². The molecule has 0 radical (unpaired) electrons. The van der Waals surface area contributed by atoms with E-state index in [9.17, 15) is 0 Å². The van der Waals surface area contributed by atoms with Gasteiger partial charge < -0.3 is 18.9 Å². The van der Waals surface area contributed by atoms with Crippen molar-refractivity contribution in [2.75, 3.05) is 9.80 Å². The molecule has 0 unspecified atom stereocenters. The lowest BCUT2D eigenvalue weighted by Crippen LogP contribution is -2.29. The van der Waals surface area contributed by atoms with Crippen LogP contribution < -0.4 is 9.80 Å². The molecule has 0 N–H and O–H groups in total. The van der Waals surface area contributed by atoms with Crippen LogP contribution in [-0.2, 0) is 5.41 Å². The van der Waals surface area contributed by atoms with Crippen molar-refractivity contribution >= 4 is 77.7 Å². The minimum atomic E-state index is -0.695. The van der Waals surface area contributed by atoms with Crippen molar-refractivity contribution in [1.82, 2.24) is 9.13 Å². The van der Waals surface area contributed by atoms with Crippen LogP contribution in [0.5, 0.6) is 0 Å². The van der Waals surface area contributed by atoms with Crippen molar-refractivity contribution in [2.24, 2.45) is 0 Å². The third-order valence-electron chi connectivity index (χ3n) is 15.9. The Hall–Kier alpha value is -10.2. The van der Waals surface area contributed by atoms with Gasteiger partial charge >= 0.3 is 0 Å². The first-order chi connectivity index (χ1) is 38.2. The predicted octanol–water partition coefficient (Wildman–Crippen LogP) is 19.2. The van der Waals surface area contributed by atoms with Crippen LogP contribution in [0.15, 0.2) is 303 Å². The Balaban J connectivity index is 1.05. The number of hydrogen-bond acceptors (Lipinski definition) is 2. The van der Waals surface area contributed by atoms with E-state index in [1.165, 1.54) is 77.0 Å². The van der Waals surface area contributed by atoms with E-state index in [0.717, 1.165) is 45.5 Å². The van der Waals surface area contributed by atoms with Gasteiger partial charge in [0.2, 0.25) is 0 Å². The molecule has 0 amide bonds. The average Bonchev–Trinajstić information content (AvgIpc) is 4.15. The molecule has 14 aromatic rings. The topological polar surface area (TPSA) is 16.3 Å². The van der Waals surface area contributed by atoms with Crippen molar-refractivity contribution in [1.29, 1.82) is 0 Å². The van der Waals surface area contributed by atoms with Gasteiger partial charge in [0.1, 0.15) is 0 Å². The summed E-state index contributed by atoms with van der Waals surface area (Å²) in [5.74, 6) is 0. The number of benzene rings is 12. The molecule has 1 aliphatic carbocycles. The fourth-order valence-electron chi connectivity index (χ4n) is 12.8. The van der Waals surface area contributed by atoms with Gasteiger partial charge in [0.05, 0.1) is 33.2 Å². The number of aromatic nitrogens is 2. The van der Waals surface area contributed by atoms with Crippen LogP contribution in [0.1, 0.15) is 22.3 Å². The molecule has 15 rings (SSSR count). The van der Waals surface area contributed by atoms with Crippen molar-refractivity contribution in [3.05, 3.63) is 326 Å². The zero-order chi connectivity index (χ0) is 50.9. The van der Waals surface area contributed by atoms with Crippen LogP contribution in [0, 0.1) is 0 Å². The molecule has 77 heavy (non-hydrogen) atoms. The van der Waals surface area contributed by atoms with Gasteiger partial charge in [0.25, 0.3) is 0 Å². The number of nitrogens with zero attached hydrogens (tertiary/aromatic N) is 4. The lowest BCUT2D eigenvalue weighted by molar-refractivity contribution is 0.768. The van der Waals surface area contributed by atoms with Gasteiger partial charge in [0.15, 0.2) is 0 Å². The first-order valence-corrected chi connectivity index (χ1v) is 26.5. The zero-order valence-electron chi connectivity index (χ0n) is 42.2. The quantitative estimate of drug-likeness (QED) is 0.136. The van der Waals surface area contributed by atoms with Gasteiger partial charge in [-0.05, 0) is 125 Å². The maximum atomic E-state index is 2.50. The fraction of sp³-hybridized carbons (Fsp3) is 0.0137. The smallest absolute Gasteiger partial charge is 0.0715 e. The van der Waals surface area contributed by atoms with Gasteiger partial charge in [0, 0.05) is 66.9 Å². The van der Waals surface area contributed by atoms with Crippen molar-refractivity contribution < 1.29 is 0 Å². The summed E-state index contributed by atoms with van der Waals surface area (Å²) in [4.78, 5) is 4.96. The Morgan fingerprint density at radius 2 is 0.636 bits per heavy atom. The first kappa shape index (κ1) is 44.3. The molecule has 0 atom stereocenters. The van der Waals surface area contributed by atoms with Crippen LogP contribution in [0.4, 0.5) is 34.1 Å². The maximum absolute atomic E-state index is 2.50. The lowest BCUT2D eigenvalue weighted by Gasteiger charge is -2.36. The number of para-hydroxylation sites is 6. The predicted molar refractivity (Wildman–Crippen MR) is 322 cm³/mol. The summed E-state index contributed by atoms with van der Waals surface area (Å²) in [5.41, 5.74) is 19.7. The Bertz CT molecular complexity index is 4370. The fourth-order valence-corrected chi connectivity index (χ4v) is 12.8. The van der Waals surface area contributed by atoms with Gasteiger partial charge in [-0.1, -0.05) is 206 Å². The highest BCUT2D eigenvalue weighted by atomic mass is 15.2. The third kappa shape index (κ3) is 6.93. The second kappa shape index (κ2) is 18.0. The molecule has 0 aliphatic heterocycles. The molecule has 2 aromatic heterocycles. The zero-order valence-corrected chi connectivity index (χ0v) is 42.2. The molecule has 0 spiro atoms. The van der Waals surface area contributed by atoms with Crippen LogP contribution in [-0.4, -0.2) is 9.13 Å². The van der Waals surface area contributed by atoms with E-state index in [2.05, 4.69) is 322 Å². The van der Waals surface area contributed by atoms with E-state index in [4.69, 9.17) is 0 Å². The highest BCUT2D eigenvalue weighted by molar-refractivity contribution is 6.10. The second-order valence-electron chi connectivity index (χ2n) is 20.0. The summed E-state index contributed by atoms with van der Waals surface area (Å²) >= 11 is 0. The molecular formula is C73H50N4. The van der Waals surface area contributed by atoms with Gasteiger partial charge in [-0.2, -0.15) is 0 Å². The molecule has 12 aromatic carbocycles. The molecule has 362 valence electrons. The molecule has 4 nitrogen and oxygen atoms in total. The van der Waals surface area contributed by atoms with Crippen LogP contribution in [0.3, 0.4) is 0 Å². The standard InChI is InChI=1S/C73H50N4/c1-5-25-51(26-6-1)73(52-27-7-2-8-28-52)65-42-18-13-41-64(65)72-66(73)49-59(74(53-29-9-3-10-30-53)55-33-23-35-57(47-55)76-67-43-19-14-37-60(67)61-38-15-20-44-68(61)76)50-71(72)75(54-31-11-4-12-32-54)56-34-24-36-58(48-56)77-69-45-21-16-39-62(69)63-40-17-22-46-70(63)77/h1-50H. The largest absolute Gasteiger partial charge is 0.310 e. The summed E-state index contributed by atoms with van der Waals surface area (Å²) in [6.07, 6.45) is 0. The van der Waals surface area contributed by atoms with E-state index in [0.29, 0.717) is 0 Å². The van der Waals surface area contributed by atoms with Gasteiger partial charge in [-0.25, -0.2) is 0 Å². The van der Waals surface area contributed by atoms with Crippen LogP contribution in [0.25, 0.3) is 66.1 Å². The van der Waals surface area contributed by atoms with E-state index < -0.39 is 5.41 Å². The highest BCUT2D eigenvalue weighted by Crippen LogP contribution is 2.61. The number of anilines is 6. The molecule has 0 bridgehead atoms. The average molecular weight is 983 g/mol. The normalized spacial score (nSPS) is 12.5. The number of hydrogen-bond donors (Lipinski definition) is 0. The summed E-state index contributed by atoms with van der Waals surface area (Å²) < 4.78 is 4.84. The molecule has 2 heterocycles. The third-order valence-corrected chi connectivity index (χ3v) is 15.9. The Morgan fingerprint density at radius 1 is 0.260 bits per heavy atom. The summed E-state index contributed by atoms with van der Waals surface area (Å²) in [7, 11) is 0. The molecule has 0 fully saturated rings. The van der Waals surface area contributed by atoms with Crippen molar-refractivity contribution in [3.63, 3.8) is 0 Å². The minimum absolute atomic E-state index is 0.695. The summed E-state index contributed by atoms with van der Waals surface area (Å²) in [6.45, 7) is 0. The van der Waals surface area contributed by atoms with E-state index in [1.54, 1.807) is 0 Å². The summed E-state index contributed by atoms with van der Waals surface area (Å²) in [6, 6.07) is 111. The first-order valence-electron chi connectivity index (χ1n) is 26.5. The van der Waals surface area contributed by atoms with Crippen molar-refractivity contribution in [2.45, 2.75) is 5.41 Å². The second-order valence-corrected chi connectivity index (χ2v) is 20.0. The monoisotopic (exact) mass is 982 g/mol. The number of rotatable bonds is 10. The molecular weight excluding hydrogens is 933 g/mol. The molecule has 0 saturated heterocycles. The maximum Gasteiger partial charge on any atom is 0.0715 e. The molecule has 0 saturated carbocycles. The van der Waals surface area contributed by atoms with Crippen molar-refractivity contribution in [3.8, 4) is 22.5 Å². The Labute approximate surface area is 447 Å². The summed E-state index contributed by atoms with van der Waals surface area (Å²) in [5, 5.41) is 4.93. The van der Waals surface area contributed by atoms with Crippen LogP contribution in [0.2, 0.25) is 0 Å². The minimum Gasteiger partial charge on any atom is -0.310 e. The number of fused-ring (bicyclic) bond motifs is 9. The van der Waals surface area contributed by atoms with Crippen LogP contribution >= 0.6 is 0 Å². The Morgan fingerprint density at radius 3 is 1.12 bits per heavy atom. The van der Waals surface area contributed by atoms with E-state index >= 15 is 0 Å². The SMILES string of the molecule is c1ccc(N(c2cccc(-n3c4ccccc4c4ccccc43)c2)c2cc(N(c3ccccc3)c3cccc(-n4c5ccccc5c5ccccc54)c3)c3c(c2)C(c2ccccc2)(c2ccccc2)c2ccccc2-3)cc1. The van der Waals surface area contributed by atoms with Gasteiger partial charge in [-0.15, -0.1) is 0 Å². The van der Waals surface area contributed by atoms with E-state index in [-0.39, 0.29) is 0 Å². The van der Waals surface area contributed by atoms with Gasteiger partial charge in [-0.3, -0.25) is 0 Å².